The second-order valence-corrected chi connectivity index (χ2v) is 4.16. The second kappa shape index (κ2) is 4.18. The average Bonchev–Trinajstić information content (AvgIpc) is 2.74. The van der Waals surface area contributed by atoms with Crippen LogP contribution in [0.25, 0.3) is 0 Å². The van der Waals surface area contributed by atoms with E-state index < -0.39 is 6.09 Å². The highest BCUT2D eigenvalue weighted by Crippen LogP contribution is 2.43. The summed E-state index contributed by atoms with van der Waals surface area (Å²) in [5.74, 6) is 11.8. The van der Waals surface area contributed by atoms with Crippen LogP contribution in [-0.2, 0) is 4.74 Å². The molecule has 6 nitrogen and oxygen atoms in total. The number of rotatable bonds is 3. The summed E-state index contributed by atoms with van der Waals surface area (Å²) in [6, 6.07) is 0. The Morgan fingerprint density at radius 3 is 2.80 bits per heavy atom. The van der Waals surface area contributed by atoms with Crippen molar-refractivity contribution in [1.29, 1.82) is 0 Å². The summed E-state index contributed by atoms with van der Waals surface area (Å²) in [5, 5.41) is 0.586. The number of amides is 1. The number of nitrogens with zero attached hydrogens (tertiary/aromatic N) is 1. The van der Waals surface area contributed by atoms with Gasteiger partial charge in [-0.2, -0.15) is 0 Å². The Kier molecular flexibility index (Phi) is 2.90. The molecule has 0 aromatic rings. The summed E-state index contributed by atoms with van der Waals surface area (Å²) in [6.45, 7) is 0.436. The lowest BCUT2D eigenvalue weighted by Gasteiger charge is -2.18. The number of hydrogen-bond acceptors (Lipinski definition) is 5. The van der Waals surface area contributed by atoms with E-state index in [2.05, 4.69) is 17.6 Å². The normalized spacial score (nSPS) is 32.3. The number of ether oxygens (including phenoxy) is 1. The van der Waals surface area contributed by atoms with Gasteiger partial charge in [-0.1, -0.05) is 17.4 Å². The van der Waals surface area contributed by atoms with E-state index in [1.165, 1.54) is 6.42 Å². The summed E-state index contributed by atoms with van der Waals surface area (Å²) >= 11 is 0. The third-order valence-electron chi connectivity index (χ3n) is 3.07. The molecule has 0 spiro atoms. The molecular weight excluding hydrogens is 196 g/mol. The highest BCUT2D eigenvalue weighted by molar-refractivity contribution is 5.66. The zero-order valence-corrected chi connectivity index (χ0v) is 8.43. The van der Waals surface area contributed by atoms with E-state index in [1.54, 1.807) is 0 Å². The Labute approximate surface area is 88.1 Å². The van der Waals surface area contributed by atoms with Gasteiger partial charge in [0.2, 0.25) is 0 Å². The molecule has 0 aliphatic heterocycles. The van der Waals surface area contributed by atoms with Crippen LogP contribution in [0.5, 0.6) is 0 Å². The van der Waals surface area contributed by atoms with Crippen LogP contribution in [0.2, 0.25) is 0 Å². The number of hydrazine groups is 3. The van der Waals surface area contributed by atoms with Crippen LogP contribution in [0.15, 0.2) is 12.2 Å². The third kappa shape index (κ3) is 2.47. The highest BCUT2D eigenvalue weighted by Gasteiger charge is 2.36. The van der Waals surface area contributed by atoms with E-state index in [0.717, 1.165) is 6.42 Å². The molecule has 0 radical (unpaired) electrons. The van der Waals surface area contributed by atoms with Crippen LogP contribution in [-0.4, -0.2) is 17.9 Å². The lowest BCUT2D eigenvalue weighted by atomic mass is 9.95. The van der Waals surface area contributed by atoms with Crippen molar-refractivity contribution >= 4 is 6.09 Å². The van der Waals surface area contributed by atoms with Crippen molar-refractivity contribution in [3.8, 4) is 0 Å². The van der Waals surface area contributed by atoms with Crippen molar-refractivity contribution < 1.29 is 9.53 Å². The zero-order chi connectivity index (χ0) is 10.8. The van der Waals surface area contributed by atoms with Crippen molar-refractivity contribution in [3.05, 3.63) is 12.2 Å². The van der Waals surface area contributed by atoms with Crippen molar-refractivity contribution in [3.63, 3.8) is 0 Å². The van der Waals surface area contributed by atoms with E-state index in [9.17, 15) is 4.79 Å². The molecule has 2 aliphatic rings. The van der Waals surface area contributed by atoms with Gasteiger partial charge in [-0.3, -0.25) is 0 Å². The molecule has 5 N–H and O–H groups in total. The number of carbonyl (C=O) groups excluding carboxylic acids is 1. The first kappa shape index (κ1) is 10.4. The minimum atomic E-state index is -0.605. The van der Waals surface area contributed by atoms with Gasteiger partial charge < -0.3 is 4.74 Å². The maximum Gasteiger partial charge on any atom is 0.424 e. The van der Waals surface area contributed by atoms with Crippen molar-refractivity contribution in [1.82, 2.24) is 10.7 Å². The standard InChI is InChI=1S/C9H16N4O2/c10-13(11)12-9(14)15-5-8-4-6-1-2-7(8)3-6/h1-2,6-8H,3-5,10-11H2,(H,12,14). The Hall–Kier alpha value is -1.11. The largest absolute Gasteiger partial charge is 0.448 e. The van der Waals surface area contributed by atoms with E-state index >= 15 is 0 Å². The summed E-state index contributed by atoms with van der Waals surface area (Å²) in [4.78, 5) is 11.1. The molecule has 15 heavy (non-hydrogen) atoms. The zero-order valence-electron chi connectivity index (χ0n) is 8.43. The molecule has 0 saturated heterocycles. The van der Waals surface area contributed by atoms with Crippen LogP contribution >= 0.6 is 0 Å². The van der Waals surface area contributed by atoms with E-state index in [-0.39, 0.29) is 0 Å². The molecule has 1 fully saturated rings. The maximum absolute atomic E-state index is 11.1. The molecule has 6 heteroatoms. The second-order valence-electron chi connectivity index (χ2n) is 4.16. The minimum absolute atomic E-state index is 0.436. The summed E-state index contributed by atoms with van der Waals surface area (Å²) in [5.41, 5.74) is 2.12. The fourth-order valence-electron chi connectivity index (χ4n) is 2.41. The topological polar surface area (TPSA) is 93.6 Å². The van der Waals surface area contributed by atoms with Crippen LogP contribution in [0.1, 0.15) is 12.8 Å². The molecule has 84 valence electrons. The van der Waals surface area contributed by atoms with Gasteiger partial charge in [0, 0.05) is 5.92 Å². The molecule has 3 unspecified atom stereocenters. The quantitative estimate of drug-likeness (QED) is 0.345. The summed E-state index contributed by atoms with van der Waals surface area (Å²) in [7, 11) is 0. The molecule has 0 aromatic carbocycles. The summed E-state index contributed by atoms with van der Waals surface area (Å²) < 4.78 is 5.00. The van der Waals surface area contributed by atoms with Crippen LogP contribution in [0, 0.1) is 17.8 Å². The van der Waals surface area contributed by atoms with Crippen molar-refractivity contribution in [2.75, 3.05) is 6.61 Å². The first-order valence-electron chi connectivity index (χ1n) is 5.06. The molecule has 1 amide bonds. The molecule has 2 aliphatic carbocycles. The van der Waals surface area contributed by atoms with Gasteiger partial charge in [0.15, 0.2) is 0 Å². The molecule has 2 rings (SSSR count). The minimum Gasteiger partial charge on any atom is -0.448 e. The van der Waals surface area contributed by atoms with E-state index in [0.29, 0.717) is 29.6 Å². The Morgan fingerprint density at radius 2 is 2.27 bits per heavy atom. The number of nitrogens with two attached hydrogens (primary N) is 2. The van der Waals surface area contributed by atoms with Gasteiger partial charge >= 0.3 is 6.09 Å². The smallest absolute Gasteiger partial charge is 0.424 e. The molecule has 0 aromatic heterocycles. The molecule has 0 heterocycles. The highest BCUT2D eigenvalue weighted by atomic mass is 16.6. The Balaban J connectivity index is 1.70. The molecule has 2 bridgehead atoms. The molecule has 3 atom stereocenters. The van der Waals surface area contributed by atoms with Gasteiger partial charge in [0.1, 0.15) is 0 Å². The van der Waals surface area contributed by atoms with Crippen molar-refractivity contribution in [2.45, 2.75) is 12.8 Å². The van der Waals surface area contributed by atoms with Gasteiger partial charge in [0.05, 0.1) is 6.61 Å². The van der Waals surface area contributed by atoms with Crippen LogP contribution < -0.4 is 17.1 Å². The summed E-state index contributed by atoms with van der Waals surface area (Å²) in [6.07, 6.45) is 6.19. The van der Waals surface area contributed by atoms with Gasteiger partial charge in [0.25, 0.3) is 0 Å². The number of fused-ring (bicyclic) bond motifs is 2. The number of allylic oxidation sites excluding steroid dienone is 2. The molecule has 1 saturated carbocycles. The van der Waals surface area contributed by atoms with Crippen LogP contribution in [0.4, 0.5) is 4.79 Å². The fraction of sp³-hybridized carbons (Fsp3) is 0.667. The fourth-order valence-corrected chi connectivity index (χ4v) is 2.41. The number of hydrogen-bond donors (Lipinski definition) is 3. The predicted molar refractivity (Wildman–Crippen MR) is 53.5 cm³/mol. The predicted octanol–water partition coefficient (Wildman–Crippen LogP) is -0.111. The average molecular weight is 212 g/mol. The van der Waals surface area contributed by atoms with Gasteiger partial charge in [-0.25, -0.2) is 21.9 Å². The van der Waals surface area contributed by atoms with Crippen LogP contribution in [0.3, 0.4) is 0 Å². The van der Waals surface area contributed by atoms with Gasteiger partial charge in [-0.05, 0) is 24.7 Å². The van der Waals surface area contributed by atoms with Crippen molar-refractivity contribution in [2.24, 2.45) is 29.4 Å². The number of nitrogens with one attached hydrogen (secondary N) is 1. The lowest BCUT2D eigenvalue weighted by molar-refractivity contribution is 0.0881. The molecular formula is C9H16N4O2. The first-order valence-corrected chi connectivity index (χ1v) is 5.06. The van der Waals surface area contributed by atoms with E-state index in [1.807, 2.05) is 0 Å². The van der Waals surface area contributed by atoms with Gasteiger partial charge in [-0.15, -0.1) is 0 Å². The maximum atomic E-state index is 11.1. The lowest BCUT2D eigenvalue weighted by Crippen LogP contribution is -2.52. The Bertz CT molecular complexity index is 279. The number of carbonyl (C=O) groups is 1. The SMILES string of the molecule is NN(N)NC(=O)OCC1CC2C=CC1C2. The third-order valence-corrected chi connectivity index (χ3v) is 3.07. The Morgan fingerprint density at radius 1 is 1.47 bits per heavy atom. The van der Waals surface area contributed by atoms with E-state index in [4.69, 9.17) is 16.4 Å². The first-order chi connectivity index (χ1) is 7.15. The monoisotopic (exact) mass is 212 g/mol.